The molecule has 1 fully saturated rings. The van der Waals surface area contributed by atoms with Crippen molar-refractivity contribution in [1.82, 2.24) is 0 Å². The molecule has 0 saturated carbocycles. The van der Waals surface area contributed by atoms with Crippen molar-refractivity contribution < 1.29 is 14.2 Å². The van der Waals surface area contributed by atoms with Crippen molar-refractivity contribution in [2.75, 3.05) is 44.5 Å². The Hall–Kier alpha value is -1.62. The average molecular weight is 266 g/mol. The second-order valence-electron chi connectivity index (χ2n) is 4.75. The Bertz CT molecular complexity index is 437. The number of benzene rings is 1. The lowest BCUT2D eigenvalue weighted by atomic mass is 10.2. The van der Waals surface area contributed by atoms with Gasteiger partial charge in [-0.25, -0.2) is 0 Å². The van der Waals surface area contributed by atoms with Crippen LogP contribution in [-0.4, -0.2) is 40.0 Å². The van der Waals surface area contributed by atoms with Crippen LogP contribution in [0, 0.1) is 0 Å². The third kappa shape index (κ3) is 3.04. The number of anilines is 2. The van der Waals surface area contributed by atoms with Crippen molar-refractivity contribution in [2.24, 2.45) is 0 Å². The first-order valence-corrected chi connectivity index (χ1v) is 6.53. The lowest BCUT2D eigenvalue weighted by Crippen LogP contribution is -2.30. The van der Waals surface area contributed by atoms with E-state index in [0.29, 0.717) is 17.2 Å². The zero-order chi connectivity index (χ0) is 13.8. The summed E-state index contributed by atoms with van der Waals surface area (Å²) in [6.45, 7) is 4.64. The summed E-state index contributed by atoms with van der Waals surface area (Å²) in [4.78, 5) is 2.24. The third-order valence-electron chi connectivity index (χ3n) is 3.33. The van der Waals surface area contributed by atoms with E-state index in [1.54, 1.807) is 14.2 Å². The highest BCUT2D eigenvalue weighted by atomic mass is 16.5. The standard InChI is InChI=1S/C14H22N2O3/c1-10-9-16(5-4-6-19-10)12-8-14(18-3)13(17-2)7-11(12)15/h7-8,10H,4-6,9,15H2,1-3H3. The second-order valence-corrected chi connectivity index (χ2v) is 4.75. The summed E-state index contributed by atoms with van der Waals surface area (Å²) in [7, 11) is 3.24. The zero-order valence-electron chi connectivity index (χ0n) is 11.8. The Labute approximate surface area is 114 Å². The van der Waals surface area contributed by atoms with Gasteiger partial charge in [0.2, 0.25) is 0 Å². The molecule has 2 N–H and O–H groups in total. The van der Waals surface area contributed by atoms with Crippen LogP contribution in [0.4, 0.5) is 11.4 Å². The molecule has 1 atom stereocenters. The fraction of sp³-hybridized carbons (Fsp3) is 0.571. The maximum absolute atomic E-state index is 6.13. The molecule has 5 heteroatoms. The van der Waals surface area contributed by atoms with Crippen LogP contribution in [0.15, 0.2) is 12.1 Å². The van der Waals surface area contributed by atoms with E-state index in [-0.39, 0.29) is 6.10 Å². The first-order valence-electron chi connectivity index (χ1n) is 6.53. The molecular formula is C14H22N2O3. The van der Waals surface area contributed by atoms with Gasteiger partial charge in [-0.05, 0) is 13.3 Å². The smallest absolute Gasteiger partial charge is 0.162 e. The van der Waals surface area contributed by atoms with E-state index < -0.39 is 0 Å². The quantitative estimate of drug-likeness (QED) is 0.847. The predicted molar refractivity (Wildman–Crippen MR) is 76.2 cm³/mol. The van der Waals surface area contributed by atoms with Crippen molar-refractivity contribution in [2.45, 2.75) is 19.4 Å². The van der Waals surface area contributed by atoms with Gasteiger partial charge < -0.3 is 24.8 Å². The number of hydrogen-bond acceptors (Lipinski definition) is 5. The van der Waals surface area contributed by atoms with E-state index in [2.05, 4.69) is 11.8 Å². The van der Waals surface area contributed by atoms with Crippen LogP contribution in [-0.2, 0) is 4.74 Å². The van der Waals surface area contributed by atoms with Gasteiger partial charge in [-0.1, -0.05) is 0 Å². The Morgan fingerprint density at radius 1 is 1.26 bits per heavy atom. The van der Waals surface area contributed by atoms with Crippen molar-refractivity contribution in [3.8, 4) is 11.5 Å². The Kier molecular flexibility index (Phi) is 4.37. The van der Waals surface area contributed by atoms with Crippen LogP contribution in [0.5, 0.6) is 11.5 Å². The highest BCUT2D eigenvalue weighted by Crippen LogP contribution is 2.37. The first-order chi connectivity index (χ1) is 9.15. The minimum Gasteiger partial charge on any atom is -0.493 e. The van der Waals surface area contributed by atoms with Gasteiger partial charge in [0, 0.05) is 31.8 Å². The fourth-order valence-corrected chi connectivity index (χ4v) is 2.37. The summed E-state index contributed by atoms with van der Waals surface area (Å²) in [5, 5.41) is 0. The molecule has 1 saturated heterocycles. The number of nitrogen functional groups attached to an aromatic ring is 1. The molecule has 1 aliphatic rings. The van der Waals surface area contributed by atoms with Gasteiger partial charge in [0.05, 0.1) is 31.7 Å². The van der Waals surface area contributed by atoms with Crippen molar-refractivity contribution in [1.29, 1.82) is 0 Å². The molecule has 0 radical (unpaired) electrons. The van der Waals surface area contributed by atoms with E-state index in [1.165, 1.54) is 0 Å². The molecule has 1 heterocycles. The molecule has 0 spiro atoms. The van der Waals surface area contributed by atoms with Gasteiger partial charge in [-0.3, -0.25) is 0 Å². The normalized spacial score (nSPS) is 19.9. The van der Waals surface area contributed by atoms with E-state index in [1.807, 2.05) is 12.1 Å². The number of nitrogens with zero attached hydrogens (tertiary/aromatic N) is 1. The fourth-order valence-electron chi connectivity index (χ4n) is 2.37. The molecular weight excluding hydrogens is 244 g/mol. The topological polar surface area (TPSA) is 57.0 Å². The molecule has 106 valence electrons. The molecule has 5 nitrogen and oxygen atoms in total. The number of methoxy groups -OCH3 is 2. The summed E-state index contributed by atoms with van der Waals surface area (Å²) in [5.41, 5.74) is 7.81. The zero-order valence-corrected chi connectivity index (χ0v) is 11.8. The maximum atomic E-state index is 6.13. The SMILES string of the molecule is COc1cc(N)c(N2CCCOC(C)C2)cc1OC. The van der Waals surface area contributed by atoms with Crippen LogP contribution >= 0.6 is 0 Å². The maximum Gasteiger partial charge on any atom is 0.162 e. The van der Waals surface area contributed by atoms with Gasteiger partial charge in [-0.15, -0.1) is 0 Å². The van der Waals surface area contributed by atoms with Gasteiger partial charge in [0.15, 0.2) is 11.5 Å². The van der Waals surface area contributed by atoms with Crippen LogP contribution in [0.2, 0.25) is 0 Å². The van der Waals surface area contributed by atoms with Gasteiger partial charge in [0.25, 0.3) is 0 Å². The van der Waals surface area contributed by atoms with E-state index in [0.717, 1.165) is 31.8 Å². The Morgan fingerprint density at radius 3 is 2.63 bits per heavy atom. The first kappa shape index (κ1) is 13.8. The largest absolute Gasteiger partial charge is 0.493 e. The summed E-state index contributed by atoms with van der Waals surface area (Å²) in [5.74, 6) is 1.35. The van der Waals surface area contributed by atoms with E-state index in [4.69, 9.17) is 19.9 Å². The average Bonchev–Trinajstić information content (AvgIpc) is 2.63. The predicted octanol–water partition coefficient (Wildman–Crippen LogP) is 1.90. The van der Waals surface area contributed by atoms with Crippen molar-refractivity contribution in [3.05, 3.63) is 12.1 Å². The number of rotatable bonds is 3. The summed E-state index contributed by atoms with van der Waals surface area (Å²) < 4.78 is 16.3. The third-order valence-corrected chi connectivity index (χ3v) is 3.33. The van der Waals surface area contributed by atoms with Crippen molar-refractivity contribution in [3.63, 3.8) is 0 Å². The molecule has 2 rings (SSSR count). The molecule has 1 aliphatic heterocycles. The number of nitrogens with two attached hydrogens (primary N) is 1. The molecule has 0 aliphatic carbocycles. The molecule has 1 aromatic carbocycles. The van der Waals surface area contributed by atoms with E-state index >= 15 is 0 Å². The van der Waals surface area contributed by atoms with Gasteiger partial charge >= 0.3 is 0 Å². The Balaban J connectivity index is 2.32. The van der Waals surface area contributed by atoms with Crippen LogP contribution < -0.4 is 20.1 Å². The minimum atomic E-state index is 0.204. The summed E-state index contributed by atoms with van der Waals surface area (Å²) >= 11 is 0. The number of ether oxygens (including phenoxy) is 3. The monoisotopic (exact) mass is 266 g/mol. The number of hydrogen-bond donors (Lipinski definition) is 1. The highest BCUT2D eigenvalue weighted by Gasteiger charge is 2.19. The second kappa shape index (κ2) is 6.02. The molecule has 1 aromatic rings. The summed E-state index contributed by atoms with van der Waals surface area (Å²) in [6, 6.07) is 3.75. The van der Waals surface area contributed by atoms with Gasteiger partial charge in [0.1, 0.15) is 0 Å². The molecule has 0 bridgehead atoms. The lowest BCUT2D eigenvalue weighted by molar-refractivity contribution is 0.0821. The molecule has 1 unspecified atom stereocenters. The molecule has 0 aromatic heterocycles. The lowest BCUT2D eigenvalue weighted by Gasteiger charge is -2.26. The van der Waals surface area contributed by atoms with Gasteiger partial charge in [-0.2, -0.15) is 0 Å². The molecule has 19 heavy (non-hydrogen) atoms. The van der Waals surface area contributed by atoms with Crippen LogP contribution in [0.3, 0.4) is 0 Å². The van der Waals surface area contributed by atoms with E-state index in [9.17, 15) is 0 Å². The van der Waals surface area contributed by atoms with Crippen LogP contribution in [0.25, 0.3) is 0 Å². The highest BCUT2D eigenvalue weighted by molar-refractivity contribution is 5.73. The summed E-state index contributed by atoms with van der Waals surface area (Å²) in [6.07, 6.45) is 1.20. The minimum absolute atomic E-state index is 0.204. The molecule has 0 amide bonds. The Morgan fingerprint density at radius 2 is 1.95 bits per heavy atom. The van der Waals surface area contributed by atoms with Crippen molar-refractivity contribution >= 4 is 11.4 Å². The van der Waals surface area contributed by atoms with Crippen LogP contribution in [0.1, 0.15) is 13.3 Å².